The van der Waals surface area contributed by atoms with Crippen molar-refractivity contribution in [2.45, 2.75) is 39.0 Å². The number of fused-ring (bicyclic) bond motifs is 1. The molecule has 0 fully saturated rings. The van der Waals surface area contributed by atoms with E-state index in [1.165, 1.54) is 22.3 Å². The van der Waals surface area contributed by atoms with E-state index in [1.807, 2.05) is 19.1 Å². The summed E-state index contributed by atoms with van der Waals surface area (Å²) in [5.74, 6) is 5.61. The first kappa shape index (κ1) is 20.7. The van der Waals surface area contributed by atoms with Gasteiger partial charge in [-0.15, -0.1) is 0 Å². The third-order valence-electron chi connectivity index (χ3n) is 6.01. The summed E-state index contributed by atoms with van der Waals surface area (Å²) >= 11 is 0. The van der Waals surface area contributed by atoms with Crippen LogP contribution >= 0.6 is 0 Å². The first-order valence-corrected chi connectivity index (χ1v) is 10.7. The lowest BCUT2D eigenvalue weighted by Gasteiger charge is -2.32. The molecule has 0 saturated carbocycles. The summed E-state index contributed by atoms with van der Waals surface area (Å²) in [7, 11) is 0. The van der Waals surface area contributed by atoms with Gasteiger partial charge in [0.05, 0.1) is 5.56 Å². The number of carboxylic acid groups (broad SMARTS) is 1. The molecule has 4 rings (SSSR count). The zero-order valence-electron chi connectivity index (χ0n) is 18.2. The molecular weight excluding hydrogens is 380 g/mol. The Hall–Kier alpha value is -3.57. The molecule has 0 unspecified atom stereocenters. The van der Waals surface area contributed by atoms with Gasteiger partial charge in [0.2, 0.25) is 0 Å². The Balaban J connectivity index is 1.74. The first-order chi connectivity index (χ1) is 14.9. The highest BCUT2D eigenvalue weighted by molar-refractivity contribution is 5.89. The van der Waals surface area contributed by atoms with Gasteiger partial charge in [0.15, 0.2) is 0 Å². The van der Waals surface area contributed by atoms with Crippen molar-refractivity contribution < 1.29 is 9.90 Å². The van der Waals surface area contributed by atoms with E-state index in [0.29, 0.717) is 12.0 Å². The minimum absolute atomic E-state index is 0.0856. The molecule has 0 atom stereocenters. The lowest BCUT2D eigenvalue weighted by molar-refractivity contribution is 0.0695. The average Bonchev–Trinajstić information content (AvgIpc) is 2.78. The van der Waals surface area contributed by atoms with Gasteiger partial charge in [-0.2, -0.15) is 0 Å². The predicted molar refractivity (Wildman–Crippen MR) is 126 cm³/mol. The van der Waals surface area contributed by atoms with E-state index < -0.39 is 5.97 Å². The van der Waals surface area contributed by atoms with Crippen LogP contribution in [-0.4, -0.2) is 11.1 Å². The SMILES string of the molecule is CCc1cc(C#Cc2ccc3c(c2)C(c2ccccc2)=CCC3(C)C)ccc1C(=O)O. The molecule has 0 bridgehead atoms. The predicted octanol–water partition coefficient (Wildman–Crippen LogP) is 6.46. The summed E-state index contributed by atoms with van der Waals surface area (Å²) in [6.07, 6.45) is 4.01. The van der Waals surface area contributed by atoms with E-state index in [1.54, 1.807) is 12.1 Å². The van der Waals surface area contributed by atoms with Gasteiger partial charge in [-0.3, -0.25) is 0 Å². The fraction of sp³-hybridized carbons (Fsp3) is 0.207. The number of carbonyl (C=O) groups is 1. The fourth-order valence-electron chi connectivity index (χ4n) is 4.22. The molecule has 0 amide bonds. The van der Waals surface area contributed by atoms with E-state index in [4.69, 9.17) is 0 Å². The molecule has 1 N–H and O–H groups in total. The molecular formula is C29H26O2. The maximum absolute atomic E-state index is 11.4. The smallest absolute Gasteiger partial charge is 0.335 e. The number of allylic oxidation sites excluding steroid dienone is 1. The maximum atomic E-state index is 11.4. The van der Waals surface area contributed by atoms with Crippen molar-refractivity contribution in [2.75, 3.05) is 0 Å². The molecule has 3 aromatic rings. The van der Waals surface area contributed by atoms with Crippen LogP contribution in [0.3, 0.4) is 0 Å². The van der Waals surface area contributed by atoms with Crippen LogP contribution in [0.1, 0.15) is 70.9 Å². The van der Waals surface area contributed by atoms with Crippen LogP contribution in [0.2, 0.25) is 0 Å². The largest absolute Gasteiger partial charge is 0.478 e. The topological polar surface area (TPSA) is 37.3 Å². The Bertz CT molecular complexity index is 1230. The highest BCUT2D eigenvalue weighted by Crippen LogP contribution is 2.41. The Kier molecular flexibility index (Phi) is 5.53. The number of benzene rings is 3. The van der Waals surface area contributed by atoms with Gasteiger partial charge < -0.3 is 5.11 Å². The third kappa shape index (κ3) is 4.18. The van der Waals surface area contributed by atoms with Gasteiger partial charge in [0, 0.05) is 11.1 Å². The summed E-state index contributed by atoms with van der Waals surface area (Å²) in [4.78, 5) is 11.4. The van der Waals surface area contributed by atoms with Gasteiger partial charge >= 0.3 is 5.97 Å². The van der Waals surface area contributed by atoms with E-state index in [2.05, 4.69) is 74.2 Å². The van der Waals surface area contributed by atoms with Crippen LogP contribution in [-0.2, 0) is 11.8 Å². The molecule has 2 nitrogen and oxygen atoms in total. The van der Waals surface area contributed by atoms with Crippen LogP contribution in [0.5, 0.6) is 0 Å². The van der Waals surface area contributed by atoms with Gasteiger partial charge in [0.1, 0.15) is 0 Å². The molecule has 154 valence electrons. The molecule has 3 aromatic carbocycles. The Morgan fingerprint density at radius 2 is 1.65 bits per heavy atom. The second-order valence-corrected chi connectivity index (χ2v) is 8.61. The molecule has 0 spiro atoms. The normalized spacial score (nSPS) is 14.1. The van der Waals surface area contributed by atoms with Crippen LogP contribution < -0.4 is 0 Å². The van der Waals surface area contributed by atoms with E-state index in [9.17, 15) is 9.90 Å². The Morgan fingerprint density at radius 3 is 2.32 bits per heavy atom. The van der Waals surface area contributed by atoms with Crippen LogP contribution in [0.4, 0.5) is 0 Å². The molecule has 0 saturated heterocycles. The van der Waals surface area contributed by atoms with Gasteiger partial charge in [-0.05, 0) is 76.4 Å². The van der Waals surface area contributed by atoms with Crippen molar-refractivity contribution in [1.82, 2.24) is 0 Å². The second-order valence-electron chi connectivity index (χ2n) is 8.61. The summed E-state index contributed by atoms with van der Waals surface area (Å²) in [6, 6.07) is 22.3. The molecule has 1 aliphatic rings. The van der Waals surface area contributed by atoms with Gasteiger partial charge in [0.25, 0.3) is 0 Å². The zero-order chi connectivity index (χ0) is 22.0. The van der Waals surface area contributed by atoms with Crippen molar-refractivity contribution in [3.05, 3.63) is 112 Å². The zero-order valence-corrected chi connectivity index (χ0v) is 18.2. The number of carboxylic acids is 1. The summed E-state index contributed by atoms with van der Waals surface area (Å²) < 4.78 is 0. The first-order valence-electron chi connectivity index (χ1n) is 10.7. The van der Waals surface area contributed by atoms with E-state index >= 15 is 0 Å². The molecule has 0 heterocycles. The lowest BCUT2D eigenvalue weighted by atomic mass is 9.72. The van der Waals surface area contributed by atoms with Crippen molar-refractivity contribution in [3.63, 3.8) is 0 Å². The van der Waals surface area contributed by atoms with E-state index in [0.717, 1.165) is 23.1 Å². The number of aryl methyl sites for hydroxylation is 1. The van der Waals surface area contributed by atoms with Crippen LogP contribution in [0, 0.1) is 11.8 Å². The molecule has 1 aliphatic carbocycles. The average molecular weight is 407 g/mol. The van der Waals surface area contributed by atoms with E-state index in [-0.39, 0.29) is 5.41 Å². The minimum atomic E-state index is -0.895. The standard InChI is InChI=1S/C29H26O2/c1-4-22-18-20(12-14-25(22)28(30)31)10-11-21-13-15-27-26(19-21)24(16-17-29(27,2)3)23-8-6-5-7-9-23/h5-9,12-16,18-19H,4,17H2,1-3H3,(H,30,31). The number of hydrogen-bond acceptors (Lipinski definition) is 1. The number of rotatable bonds is 3. The summed E-state index contributed by atoms with van der Waals surface area (Å²) in [6.45, 7) is 6.53. The van der Waals surface area contributed by atoms with Gasteiger partial charge in [-0.1, -0.05) is 75.1 Å². The molecule has 0 aliphatic heterocycles. The Morgan fingerprint density at radius 1 is 0.968 bits per heavy atom. The number of hydrogen-bond donors (Lipinski definition) is 1. The molecule has 31 heavy (non-hydrogen) atoms. The quantitative estimate of drug-likeness (QED) is 0.507. The van der Waals surface area contributed by atoms with Gasteiger partial charge in [-0.25, -0.2) is 4.79 Å². The molecule has 2 heteroatoms. The minimum Gasteiger partial charge on any atom is -0.478 e. The van der Waals surface area contributed by atoms with Crippen molar-refractivity contribution in [1.29, 1.82) is 0 Å². The fourth-order valence-corrected chi connectivity index (χ4v) is 4.22. The molecule has 0 aromatic heterocycles. The maximum Gasteiger partial charge on any atom is 0.335 e. The van der Waals surface area contributed by atoms with Crippen molar-refractivity contribution in [2.24, 2.45) is 0 Å². The van der Waals surface area contributed by atoms with Crippen molar-refractivity contribution in [3.8, 4) is 11.8 Å². The third-order valence-corrected chi connectivity index (χ3v) is 6.01. The highest BCUT2D eigenvalue weighted by Gasteiger charge is 2.28. The van der Waals surface area contributed by atoms with Crippen LogP contribution in [0.25, 0.3) is 5.57 Å². The number of aromatic carboxylic acids is 1. The second kappa shape index (κ2) is 8.28. The monoisotopic (exact) mass is 406 g/mol. The van der Waals surface area contributed by atoms with Crippen LogP contribution in [0.15, 0.2) is 72.8 Å². The summed E-state index contributed by atoms with van der Waals surface area (Å²) in [5, 5.41) is 9.33. The Labute approximate surface area is 184 Å². The molecule has 0 radical (unpaired) electrons. The summed E-state index contributed by atoms with van der Waals surface area (Å²) in [5.41, 5.74) is 8.10. The lowest BCUT2D eigenvalue weighted by Crippen LogP contribution is -2.21. The highest BCUT2D eigenvalue weighted by atomic mass is 16.4. The van der Waals surface area contributed by atoms with Crippen molar-refractivity contribution >= 4 is 11.5 Å².